The Bertz CT molecular complexity index is 944. The van der Waals surface area contributed by atoms with Gasteiger partial charge in [0.05, 0.1) is 11.6 Å². The molecule has 0 saturated carbocycles. The van der Waals surface area contributed by atoms with E-state index in [1.807, 2.05) is 24.3 Å². The van der Waals surface area contributed by atoms with Gasteiger partial charge in [-0.3, -0.25) is 9.59 Å². The molecule has 1 aromatic carbocycles. The molecule has 142 valence electrons. The summed E-state index contributed by atoms with van der Waals surface area (Å²) in [5.74, 6) is -2.27. The molecule has 1 aliphatic carbocycles. The average molecular weight is 441 g/mol. The molecule has 27 heavy (non-hydrogen) atoms. The molecular weight excluding hydrogens is 425 g/mol. The minimum atomic E-state index is -4.98. The molecule has 3 rings (SSSR count). The van der Waals surface area contributed by atoms with Gasteiger partial charge in [-0.2, -0.15) is 13.2 Å². The number of fused-ring (bicyclic) bond motifs is 1. The average Bonchev–Trinajstić information content (AvgIpc) is 2.76. The van der Waals surface area contributed by atoms with Crippen LogP contribution >= 0.6 is 15.9 Å². The zero-order valence-corrected chi connectivity index (χ0v) is 15.7. The topological polar surface area (TPSA) is 51.1 Å². The van der Waals surface area contributed by atoms with E-state index in [4.69, 9.17) is 0 Å². The largest absolute Gasteiger partial charge is 0.454 e. The number of aromatic nitrogens is 1. The monoisotopic (exact) mass is 440 g/mol. The number of halogens is 4. The number of nitrogens with one attached hydrogen (secondary N) is 1. The van der Waals surface area contributed by atoms with Crippen molar-refractivity contribution in [3.05, 3.63) is 58.7 Å². The van der Waals surface area contributed by atoms with Gasteiger partial charge in [-0.15, -0.1) is 0 Å². The van der Waals surface area contributed by atoms with E-state index in [9.17, 15) is 22.8 Å². The van der Waals surface area contributed by atoms with Crippen molar-refractivity contribution in [3.63, 3.8) is 0 Å². The summed E-state index contributed by atoms with van der Waals surface area (Å²) >= 11 is 3.20. The Kier molecular flexibility index (Phi) is 5.55. The van der Waals surface area contributed by atoms with Crippen molar-refractivity contribution in [2.75, 3.05) is 0 Å². The van der Waals surface area contributed by atoms with Crippen LogP contribution in [-0.2, 0) is 11.3 Å². The number of allylic oxidation sites excluding steroid dienone is 2. The fourth-order valence-electron chi connectivity index (χ4n) is 2.99. The van der Waals surface area contributed by atoms with Crippen molar-refractivity contribution < 1.29 is 22.8 Å². The van der Waals surface area contributed by atoms with Gasteiger partial charge >= 0.3 is 6.18 Å². The highest BCUT2D eigenvalue weighted by Gasteiger charge is 2.41. The fraction of sp³-hybridized carbons (Fsp3) is 0.263. The molecule has 0 bridgehead atoms. The Morgan fingerprint density at radius 2 is 2.00 bits per heavy atom. The third-order valence-corrected chi connectivity index (χ3v) is 4.70. The molecule has 0 fully saturated rings. The van der Waals surface area contributed by atoms with Crippen molar-refractivity contribution >= 4 is 38.5 Å². The Balaban J connectivity index is 1.89. The van der Waals surface area contributed by atoms with E-state index in [1.165, 1.54) is 10.6 Å². The maximum atomic E-state index is 12.9. The molecule has 1 heterocycles. The van der Waals surface area contributed by atoms with Gasteiger partial charge in [0.25, 0.3) is 5.78 Å². The third-order valence-electron chi connectivity index (χ3n) is 4.20. The third kappa shape index (κ3) is 4.50. The van der Waals surface area contributed by atoms with Crippen molar-refractivity contribution in [2.24, 2.45) is 0 Å². The van der Waals surface area contributed by atoms with E-state index in [2.05, 4.69) is 21.2 Å². The molecule has 0 aliphatic heterocycles. The molecule has 0 saturated heterocycles. The molecule has 0 spiro atoms. The first-order chi connectivity index (χ1) is 12.8. The molecule has 8 heteroatoms. The highest BCUT2D eigenvalue weighted by atomic mass is 79.9. The van der Waals surface area contributed by atoms with Gasteiger partial charge in [0, 0.05) is 21.6 Å². The normalized spacial score (nSPS) is 17.1. The molecule has 0 unspecified atom stereocenters. The van der Waals surface area contributed by atoms with E-state index in [0.29, 0.717) is 16.4 Å². The van der Waals surface area contributed by atoms with Gasteiger partial charge in [0.2, 0.25) is 5.91 Å². The quantitative estimate of drug-likeness (QED) is 0.560. The van der Waals surface area contributed by atoms with Crippen molar-refractivity contribution in [1.29, 1.82) is 0 Å². The van der Waals surface area contributed by atoms with E-state index >= 15 is 0 Å². The first-order valence-corrected chi connectivity index (χ1v) is 9.06. The fourth-order valence-corrected chi connectivity index (χ4v) is 3.35. The Morgan fingerprint density at radius 1 is 1.22 bits per heavy atom. The molecule has 1 N–H and O–H groups in total. The lowest BCUT2D eigenvalue weighted by molar-refractivity contribution is -0.122. The molecule has 1 aliphatic rings. The first kappa shape index (κ1) is 19.4. The maximum absolute atomic E-state index is 12.9. The Labute approximate surface area is 161 Å². The van der Waals surface area contributed by atoms with Crippen molar-refractivity contribution in [2.45, 2.75) is 31.6 Å². The van der Waals surface area contributed by atoms with Crippen LogP contribution in [0.5, 0.6) is 0 Å². The summed E-state index contributed by atoms with van der Waals surface area (Å²) in [6.45, 7) is -0.183. The van der Waals surface area contributed by atoms with Gasteiger partial charge < -0.3 is 9.88 Å². The lowest BCUT2D eigenvalue weighted by Crippen LogP contribution is -2.35. The number of hydrogen-bond acceptors (Lipinski definition) is 2. The second-order valence-corrected chi connectivity index (χ2v) is 7.12. The molecular formula is C19H16BrF3N2O2. The zero-order chi connectivity index (χ0) is 19.6. The molecule has 1 aromatic heterocycles. The van der Waals surface area contributed by atoms with Gasteiger partial charge in [-0.05, 0) is 31.0 Å². The Morgan fingerprint density at radius 3 is 2.74 bits per heavy atom. The summed E-state index contributed by atoms with van der Waals surface area (Å²) in [5.41, 5.74) is -0.0823. The summed E-state index contributed by atoms with van der Waals surface area (Å²) < 4.78 is 40.7. The highest BCUT2D eigenvalue weighted by molar-refractivity contribution is 9.10. The van der Waals surface area contributed by atoms with Crippen LogP contribution in [0, 0.1) is 0 Å². The predicted molar refractivity (Wildman–Crippen MR) is 99.5 cm³/mol. The van der Waals surface area contributed by atoms with Gasteiger partial charge in [-0.1, -0.05) is 40.2 Å². The van der Waals surface area contributed by atoms with E-state index in [0.717, 1.165) is 12.6 Å². The number of nitrogens with zero attached hydrogens (tertiary/aromatic N) is 1. The maximum Gasteiger partial charge on any atom is 0.454 e. The van der Waals surface area contributed by atoms with Crippen LogP contribution < -0.4 is 5.32 Å². The van der Waals surface area contributed by atoms with Crippen LogP contribution in [0.4, 0.5) is 13.2 Å². The van der Waals surface area contributed by atoms with E-state index < -0.39 is 17.5 Å². The summed E-state index contributed by atoms with van der Waals surface area (Å²) in [7, 11) is 0. The summed E-state index contributed by atoms with van der Waals surface area (Å²) in [6, 6.07) is 4.51. The van der Waals surface area contributed by atoms with Crippen LogP contribution in [0.15, 0.2) is 53.2 Å². The van der Waals surface area contributed by atoms with Gasteiger partial charge in [0.1, 0.15) is 6.54 Å². The Hall–Kier alpha value is -2.35. The summed E-state index contributed by atoms with van der Waals surface area (Å²) in [5, 5.41) is 2.99. The smallest absolute Gasteiger partial charge is 0.348 e. The van der Waals surface area contributed by atoms with Crippen LogP contribution in [-0.4, -0.2) is 28.5 Å². The zero-order valence-electron chi connectivity index (χ0n) is 14.1. The standard InChI is InChI=1S/C19H16BrF3N2O2/c20-12-7-8-16-14(9-12)15(18(27)19(21,22)23)10-25(16)11-17(26)24-13-5-3-1-2-4-6-13/h1,3-4,6-10,13H,2,5,11H2,(H,24,26)/t13-/m1/s1. The molecule has 1 atom stereocenters. The number of amides is 1. The number of benzene rings is 1. The highest BCUT2D eigenvalue weighted by Crippen LogP contribution is 2.30. The number of carbonyl (C=O) groups excluding carboxylic acids is 2. The SMILES string of the molecule is O=C(Cn1cc(C(=O)C(F)(F)F)c2cc(Br)ccc21)N[C@H]1C=CCC=CC1. The number of ketones is 1. The number of Topliss-reactive ketones (excluding diaryl/α,β-unsaturated/α-hetero) is 1. The van der Waals surface area contributed by atoms with Crippen LogP contribution in [0.1, 0.15) is 23.2 Å². The number of alkyl halides is 3. The lowest BCUT2D eigenvalue weighted by Gasteiger charge is -2.13. The second-order valence-electron chi connectivity index (χ2n) is 6.20. The minimum Gasteiger partial charge on any atom is -0.348 e. The van der Waals surface area contributed by atoms with Crippen molar-refractivity contribution in [3.8, 4) is 0 Å². The number of hydrogen-bond donors (Lipinski definition) is 1. The molecule has 0 radical (unpaired) electrons. The van der Waals surface area contributed by atoms with Crippen LogP contribution in [0.2, 0.25) is 0 Å². The minimum absolute atomic E-state index is 0.150. The summed E-state index contributed by atoms with van der Waals surface area (Å²) in [6.07, 6.45) is 5.35. The van der Waals surface area contributed by atoms with Crippen LogP contribution in [0.25, 0.3) is 10.9 Å². The molecule has 2 aromatic rings. The number of carbonyl (C=O) groups is 2. The predicted octanol–water partition coefficient (Wildman–Crippen LogP) is 4.54. The lowest BCUT2D eigenvalue weighted by atomic mass is 10.1. The second kappa shape index (κ2) is 7.72. The van der Waals surface area contributed by atoms with Gasteiger partial charge in [0.15, 0.2) is 0 Å². The molecule has 4 nitrogen and oxygen atoms in total. The van der Waals surface area contributed by atoms with Crippen molar-refractivity contribution in [1.82, 2.24) is 9.88 Å². The van der Waals surface area contributed by atoms with E-state index in [-0.39, 0.29) is 23.9 Å². The summed E-state index contributed by atoms with van der Waals surface area (Å²) in [4.78, 5) is 24.1. The number of rotatable bonds is 4. The molecule has 1 amide bonds. The van der Waals surface area contributed by atoms with Gasteiger partial charge in [-0.25, -0.2) is 0 Å². The van der Waals surface area contributed by atoms with Crippen LogP contribution in [0.3, 0.4) is 0 Å². The van der Waals surface area contributed by atoms with E-state index in [1.54, 1.807) is 12.1 Å². The first-order valence-electron chi connectivity index (χ1n) is 8.26.